The first-order valence-electron chi connectivity index (χ1n) is 4.93. The lowest BCUT2D eigenvalue weighted by Gasteiger charge is -2.29. The Morgan fingerprint density at radius 1 is 1.47 bits per heavy atom. The fraction of sp³-hybridized carbons (Fsp3) is 0.600. The molecule has 0 aromatic heterocycles. The molecule has 0 radical (unpaired) electrons. The van der Waals surface area contributed by atoms with E-state index in [0.717, 1.165) is 12.2 Å². The fourth-order valence-electron chi connectivity index (χ4n) is 1.72. The number of aliphatic hydroxyl groups is 2. The van der Waals surface area contributed by atoms with Gasteiger partial charge < -0.3 is 10.2 Å². The van der Waals surface area contributed by atoms with E-state index in [0.29, 0.717) is 11.3 Å². The van der Waals surface area contributed by atoms with Gasteiger partial charge in [-0.1, -0.05) is 18.2 Å². The van der Waals surface area contributed by atoms with Gasteiger partial charge in [0.05, 0.1) is 0 Å². The molecular formula is C10H14O3S2. The topological polar surface area (TPSA) is 57.5 Å². The van der Waals surface area contributed by atoms with Crippen LogP contribution < -0.4 is 0 Å². The van der Waals surface area contributed by atoms with Crippen LogP contribution in [0.3, 0.4) is 0 Å². The van der Waals surface area contributed by atoms with E-state index >= 15 is 0 Å². The normalized spacial score (nSPS) is 41.3. The maximum Gasteiger partial charge on any atom is 0.107 e. The molecule has 0 unspecified atom stereocenters. The van der Waals surface area contributed by atoms with Crippen molar-refractivity contribution in [3.05, 3.63) is 23.8 Å². The molecule has 0 aromatic rings. The van der Waals surface area contributed by atoms with Crippen molar-refractivity contribution in [1.82, 2.24) is 0 Å². The number of hydrogen-bond donors (Lipinski definition) is 2. The molecule has 2 N–H and O–H groups in total. The van der Waals surface area contributed by atoms with E-state index in [1.807, 2.05) is 0 Å². The van der Waals surface area contributed by atoms with Crippen LogP contribution in [0.2, 0.25) is 0 Å². The first kappa shape index (κ1) is 11.4. The maximum absolute atomic E-state index is 11.8. The Labute approximate surface area is 95.7 Å². The van der Waals surface area contributed by atoms with E-state index < -0.39 is 23.0 Å². The van der Waals surface area contributed by atoms with E-state index in [4.69, 9.17) is 0 Å². The fourth-order valence-corrected chi connectivity index (χ4v) is 5.19. The van der Waals surface area contributed by atoms with Gasteiger partial charge in [-0.15, -0.1) is 11.8 Å². The van der Waals surface area contributed by atoms with Crippen LogP contribution in [0, 0.1) is 0 Å². The Balaban J connectivity index is 2.18. The summed E-state index contributed by atoms with van der Waals surface area (Å²) >= 11 is 1.61. The SMILES string of the molecule is O=[S@@]1CCCS[C@H]1C1=CC=C[C@H](O)[C@@H]1O. The van der Waals surface area contributed by atoms with Crippen molar-refractivity contribution >= 4 is 22.6 Å². The van der Waals surface area contributed by atoms with Gasteiger partial charge in [-0.2, -0.15) is 0 Å². The Morgan fingerprint density at radius 3 is 3.00 bits per heavy atom. The largest absolute Gasteiger partial charge is 0.386 e. The predicted octanol–water partition coefficient (Wildman–Crippen LogP) is 0.416. The quantitative estimate of drug-likeness (QED) is 0.704. The lowest BCUT2D eigenvalue weighted by atomic mass is 10.0. The van der Waals surface area contributed by atoms with Gasteiger partial charge in [0.15, 0.2) is 0 Å². The summed E-state index contributed by atoms with van der Waals surface area (Å²) < 4.78 is 11.6. The summed E-state index contributed by atoms with van der Waals surface area (Å²) in [6, 6.07) is 0. The van der Waals surface area contributed by atoms with Crippen molar-refractivity contribution in [2.24, 2.45) is 0 Å². The highest BCUT2D eigenvalue weighted by Gasteiger charge is 2.32. The summed E-state index contributed by atoms with van der Waals surface area (Å²) in [4.78, 5) is 0. The van der Waals surface area contributed by atoms with Crippen molar-refractivity contribution in [3.8, 4) is 0 Å². The first-order valence-corrected chi connectivity index (χ1v) is 7.36. The molecule has 1 aliphatic heterocycles. The Morgan fingerprint density at radius 2 is 2.27 bits per heavy atom. The van der Waals surface area contributed by atoms with E-state index in [1.54, 1.807) is 30.0 Å². The van der Waals surface area contributed by atoms with Crippen molar-refractivity contribution in [1.29, 1.82) is 0 Å². The van der Waals surface area contributed by atoms with Gasteiger partial charge in [-0.3, -0.25) is 4.21 Å². The molecule has 2 aliphatic rings. The lowest BCUT2D eigenvalue weighted by molar-refractivity contribution is 0.0712. The third-order valence-corrected chi connectivity index (χ3v) is 6.12. The molecule has 2 rings (SSSR count). The molecule has 0 amide bonds. The predicted molar refractivity (Wildman–Crippen MR) is 63.1 cm³/mol. The molecular weight excluding hydrogens is 232 g/mol. The third kappa shape index (κ3) is 2.36. The van der Waals surface area contributed by atoms with Gasteiger partial charge in [-0.05, 0) is 17.7 Å². The second-order valence-electron chi connectivity index (χ2n) is 3.63. The van der Waals surface area contributed by atoms with Crippen molar-refractivity contribution in [3.63, 3.8) is 0 Å². The van der Waals surface area contributed by atoms with Gasteiger partial charge in [-0.25, -0.2) is 0 Å². The highest BCUT2D eigenvalue weighted by atomic mass is 32.2. The van der Waals surface area contributed by atoms with Crippen molar-refractivity contribution in [2.75, 3.05) is 11.5 Å². The minimum Gasteiger partial charge on any atom is -0.386 e. The minimum atomic E-state index is -0.921. The lowest BCUT2D eigenvalue weighted by Crippen LogP contribution is -2.35. The molecule has 4 atom stereocenters. The Hall–Kier alpha value is -0.100. The van der Waals surface area contributed by atoms with Crippen LogP contribution in [-0.4, -0.2) is 42.7 Å². The smallest absolute Gasteiger partial charge is 0.107 e. The monoisotopic (exact) mass is 246 g/mol. The van der Waals surface area contributed by atoms with Gasteiger partial charge in [0.1, 0.15) is 16.8 Å². The van der Waals surface area contributed by atoms with Crippen LogP contribution in [0.1, 0.15) is 6.42 Å². The van der Waals surface area contributed by atoms with E-state index in [9.17, 15) is 14.4 Å². The molecule has 1 heterocycles. The summed E-state index contributed by atoms with van der Waals surface area (Å²) in [7, 11) is -0.921. The van der Waals surface area contributed by atoms with Gasteiger partial charge in [0.2, 0.25) is 0 Å². The molecule has 0 aromatic carbocycles. The molecule has 3 nitrogen and oxygen atoms in total. The molecule has 1 fully saturated rings. The van der Waals surface area contributed by atoms with E-state index in [-0.39, 0.29) is 4.58 Å². The zero-order chi connectivity index (χ0) is 10.8. The van der Waals surface area contributed by atoms with Crippen LogP contribution >= 0.6 is 11.8 Å². The molecule has 84 valence electrons. The minimum absolute atomic E-state index is 0.145. The van der Waals surface area contributed by atoms with Crippen LogP contribution in [-0.2, 0) is 10.8 Å². The highest BCUT2D eigenvalue weighted by molar-refractivity contribution is 8.12. The molecule has 0 bridgehead atoms. The van der Waals surface area contributed by atoms with E-state index in [1.165, 1.54) is 0 Å². The molecule has 0 saturated carbocycles. The Kier molecular flexibility index (Phi) is 3.66. The number of hydrogen-bond acceptors (Lipinski definition) is 4. The standard InChI is InChI=1S/C10H14O3S2/c11-8-4-1-3-7(9(8)12)10-14-5-2-6-15(10)13/h1,3-4,8-12H,2,5-6H2/t8-,9+,10+,15+/m0/s1. The van der Waals surface area contributed by atoms with Gasteiger partial charge in [0, 0.05) is 16.6 Å². The zero-order valence-electron chi connectivity index (χ0n) is 8.20. The van der Waals surface area contributed by atoms with Gasteiger partial charge in [0.25, 0.3) is 0 Å². The summed E-state index contributed by atoms with van der Waals surface area (Å²) in [5, 5.41) is 19.3. The number of rotatable bonds is 1. The summed E-state index contributed by atoms with van der Waals surface area (Å²) in [6.07, 6.45) is 4.26. The molecule has 15 heavy (non-hydrogen) atoms. The summed E-state index contributed by atoms with van der Waals surface area (Å²) in [5.74, 6) is 1.67. The van der Waals surface area contributed by atoms with Crippen molar-refractivity contribution < 1.29 is 14.4 Å². The van der Waals surface area contributed by atoms with Crippen LogP contribution in [0.5, 0.6) is 0 Å². The summed E-state index contributed by atoms with van der Waals surface area (Å²) in [5.41, 5.74) is 0.702. The summed E-state index contributed by atoms with van der Waals surface area (Å²) in [6.45, 7) is 0. The van der Waals surface area contributed by atoms with Crippen molar-refractivity contribution in [2.45, 2.75) is 23.2 Å². The maximum atomic E-state index is 11.8. The van der Waals surface area contributed by atoms with E-state index in [2.05, 4.69) is 0 Å². The molecule has 1 saturated heterocycles. The number of aliphatic hydroxyl groups excluding tert-OH is 2. The van der Waals surface area contributed by atoms with Crippen LogP contribution in [0.15, 0.2) is 23.8 Å². The number of thioether (sulfide) groups is 1. The number of allylic oxidation sites excluding steroid dienone is 2. The highest BCUT2D eigenvalue weighted by Crippen LogP contribution is 2.32. The second-order valence-corrected chi connectivity index (χ2v) is 6.78. The second kappa shape index (κ2) is 4.82. The Bertz CT molecular complexity index is 325. The van der Waals surface area contributed by atoms with Gasteiger partial charge >= 0.3 is 0 Å². The third-order valence-electron chi connectivity index (χ3n) is 2.53. The van der Waals surface area contributed by atoms with Crippen LogP contribution in [0.25, 0.3) is 0 Å². The molecule has 5 heteroatoms. The first-order chi connectivity index (χ1) is 7.20. The average Bonchev–Trinajstić information content (AvgIpc) is 2.23. The zero-order valence-corrected chi connectivity index (χ0v) is 9.84. The van der Waals surface area contributed by atoms with Crippen LogP contribution in [0.4, 0.5) is 0 Å². The molecule has 1 aliphatic carbocycles. The average molecular weight is 246 g/mol. The molecule has 0 spiro atoms.